The molecule has 26 heavy (non-hydrogen) atoms. The molecular weight excluding hydrogens is 397 g/mol. The van der Waals surface area contributed by atoms with E-state index in [4.69, 9.17) is 44.6 Å². The second kappa shape index (κ2) is 7.90. The van der Waals surface area contributed by atoms with Gasteiger partial charge >= 0.3 is 5.97 Å². The van der Waals surface area contributed by atoms with E-state index in [0.717, 1.165) is 0 Å². The smallest absolute Gasteiger partial charge is 0.339 e. The van der Waals surface area contributed by atoms with Crippen LogP contribution in [0.2, 0.25) is 10.0 Å². The number of rotatable bonds is 5. The standard InChI is InChI=1S/C17H13Cl2N3O3S/c1-24-16(23)12-4-2-3-5-14(12)20-9-22-17(26)25-15(21-22)11-7-6-10(18)8-13(11)19/h2-8,20H,9H2,1H3. The predicted molar refractivity (Wildman–Crippen MR) is 102 cm³/mol. The maximum atomic E-state index is 11.8. The molecule has 0 aliphatic heterocycles. The topological polar surface area (TPSA) is 69.3 Å². The van der Waals surface area contributed by atoms with Gasteiger partial charge in [-0.1, -0.05) is 35.3 Å². The number of methoxy groups -OCH3 is 1. The van der Waals surface area contributed by atoms with Crippen molar-refractivity contribution in [2.24, 2.45) is 0 Å². The minimum Gasteiger partial charge on any atom is -0.465 e. The number of halogens is 2. The third-order valence-electron chi connectivity index (χ3n) is 3.52. The normalized spacial score (nSPS) is 10.6. The highest BCUT2D eigenvalue weighted by Crippen LogP contribution is 2.29. The molecule has 0 aliphatic carbocycles. The summed E-state index contributed by atoms with van der Waals surface area (Å²) in [6, 6.07) is 12.0. The minimum absolute atomic E-state index is 0.161. The number of carbonyl (C=O) groups excluding carboxylic acids is 1. The molecule has 0 aliphatic rings. The van der Waals surface area contributed by atoms with Crippen LogP contribution < -0.4 is 5.32 Å². The molecule has 0 atom stereocenters. The predicted octanol–water partition coefficient (Wildman–Crippen LogP) is 5.04. The third kappa shape index (κ3) is 3.90. The highest BCUT2D eigenvalue weighted by atomic mass is 35.5. The van der Waals surface area contributed by atoms with Crippen molar-refractivity contribution in [3.63, 3.8) is 0 Å². The molecule has 0 saturated carbocycles. The number of carbonyl (C=O) groups is 1. The first kappa shape index (κ1) is 18.4. The first-order chi connectivity index (χ1) is 12.5. The van der Waals surface area contributed by atoms with E-state index >= 15 is 0 Å². The summed E-state index contributed by atoms with van der Waals surface area (Å²) < 4.78 is 11.7. The van der Waals surface area contributed by atoms with Crippen molar-refractivity contribution in [2.45, 2.75) is 6.67 Å². The number of esters is 1. The lowest BCUT2D eigenvalue weighted by Crippen LogP contribution is -2.13. The molecular formula is C17H13Cl2N3O3S. The van der Waals surface area contributed by atoms with Crippen LogP contribution in [0.25, 0.3) is 11.5 Å². The fourth-order valence-electron chi connectivity index (χ4n) is 2.26. The molecule has 1 heterocycles. The number of nitrogens with zero attached hydrogens (tertiary/aromatic N) is 2. The Morgan fingerprint density at radius 2 is 2.08 bits per heavy atom. The summed E-state index contributed by atoms with van der Waals surface area (Å²) in [7, 11) is 1.33. The van der Waals surface area contributed by atoms with Crippen LogP contribution in [0.15, 0.2) is 46.9 Å². The molecule has 0 spiro atoms. The lowest BCUT2D eigenvalue weighted by atomic mass is 10.2. The van der Waals surface area contributed by atoms with Crippen molar-refractivity contribution in [2.75, 3.05) is 12.4 Å². The molecule has 134 valence electrons. The number of aromatic nitrogens is 2. The van der Waals surface area contributed by atoms with E-state index in [9.17, 15) is 4.79 Å². The molecule has 0 bridgehead atoms. The van der Waals surface area contributed by atoms with Gasteiger partial charge in [0.1, 0.15) is 6.67 Å². The Labute approximate surface area is 164 Å². The number of hydrogen-bond donors (Lipinski definition) is 1. The summed E-state index contributed by atoms with van der Waals surface area (Å²) in [6.07, 6.45) is 0. The quantitative estimate of drug-likeness (QED) is 0.470. The van der Waals surface area contributed by atoms with E-state index in [1.165, 1.54) is 11.8 Å². The van der Waals surface area contributed by atoms with Gasteiger partial charge in [0.15, 0.2) is 0 Å². The van der Waals surface area contributed by atoms with Crippen molar-refractivity contribution in [3.8, 4) is 11.5 Å². The minimum atomic E-state index is -0.439. The fourth-order valence-corrected chi connectivity index (χ4v) is 2.94. The van der Waals surface area contributed by atoms with Crippen LogP contribution in [0.3, 0.4) is 0 Å². The van der Waals surface area contributed by atoms with Crippen LogP contribution >= 0.6 is 35.4 Å². The summed E-state index contributed by atoms with van der Waals surface area (Å²) in [5, 5.41) is 8.33. The van der Waals surface area contributed by atoms with E-state index < -0.39 is 5.97 Å². The van der Waals surface area contributed by atoms with Crippen LogP contribution in [0.4, 0.5) is 5.69 Å². The van der Waals surface area contributed by atoms with E-state index in [1.807, 2.05) is 0 Å². The number of para-hydroxylation sites is 1. The van der Waals surface area contributed by atoms with Crippen molar-refractivity contribution < 1.29 is 13.9 Å². The van der Waals surface area contributed by atoms with Gasteiger partial charge in [-0.25, -0.2) is 9.48 Å². The Morgan fingerprint density at radius 3 is 2.81 bits per heavy atom. The molecule has 0 fully saturated rings. The van der Waals surface area contributed by atoms with Gasteiger partial charge in [-0.2, -0.15) is 0 Å². The molecule has 0 unspecified atom stereocenters. The number of anilines is 1. The van der Waals surface area contributed by atoms with Gasteiger partial charge in [0.2, 0.25) is 5.89 Å². The zero-order valence-electron chi connectivity index (χ0n) is 13.5. The molecule has 1 aromatic heterocycles. The number of benzene rings is 2. The van der Waals surface area contributed by atoms with E-state index in [2.05, 4.69) is 10.4 Å². The number of nitrogens with one attached hydrogen (secondary N) is 1. The average molecular weight is 410 g/mol. The van der Waals surface area contributed by atoms with Gasteiger partial charge in [-0.3, -0.25) is 0 Å². The zero-order valence-corrected chi connectivity index (χ0v) is 15.9. The molecule has 0 radical (unpaired) electrons. The first-order valence-electron chi connectivity index (χ1n) is 7.44. The summed E-state index contributed by atoms with van der Waals surface area (Å²) in [5.41, 5.74) is 1.58. The van der Waals surface area contributed by atoms with Gasteiger partial charge < -0.3 is 14.5 Å². The molecule has 3 rings (SSSR count). The Balaban J connectivity index is 1.84. The molecule has 1 N–H and O–H groups in total. The molecule has 2 aromatic carbocycles. The SMILES string of the molecule is COC(=O)c1ccccc1NCn1nc(-c2ccc(Cl)cc2Cl)oc1=S. The van der Waals surface area contributed by atoms with Gasteiger partial charge in [-0.15, -0.1) is 5.10 Å². The summed E-state index contributed by atoms with van der Waals surface area (Å²) >= 11 is 17.3. The van der Waals surface area contributed by atoms with Crippen LogP contribution in [0.5, 0.6) is 0 Å². The van der Waals surface area contributed by atoms with E-state index in [-0.39, 0.29) is 17.4 Å². The van der Waals surface area contributed by atoms with Crippen molar-refractivity contribution in [3.05, 3.63) is 62.9 Å². The van der Waals surface area contributed by atoms with Crippen LogP contribution in [0.1, 0.15) is 10.4 Å². The van der Waals surface area contributed by atoms with Crippen molar-refractivity contribution in [1.82, 2.24) is 9.78 Å². The Hall–Kier alpha value is -2.35. The van der Waals surface area contributed by atoms with Crippen LogP contribution in [-0.2, 0) is 11.4 Å². The summed E-state index contributed by atoms with van der Waals surface area (Å²) in [4.78, 5) is 12.0. The lowest BCUT2D eigenvalue weighted by Gasteiger charge is -2.09. The number of hydrogen-bond acceptors (Lipinski definition) is 6. The third-order valence-corrected chi connectivity index (χ3v) is 4.36. The summed E-state index contributed by atoms with van der Waals surface area (Å²) in [5.74, 6) is -0.162. The maximum absolute atomic E-state index is 11.8. The van der Waals surface area contributed by atoms with Crippen molar-refractivity contribution in [1.29, 1.82) is 0 Å². The van der Waals surface area contributed by atoms with E-state index in [1.54, 1.807) is 42.5 Å². The molecule has 0 amide bonds. The summed E-state index contributed by atoms with van der Waals surface area (Å²) in [6.45, 7) is 0.196. The maximum Gasteiger partial charge on any atom is 0.339 e. The molecule has 0 saturated heterocycles. The second-order valence-electron chi connectivity index (χ2n) is 5.17. The molecule has 3 aromatic rings. The second-order valence-corrected chi connectivity index (χ2v) is 6.36. The highest BCUT2D eigenvalue weighted by molar-refractivity contribution is 7.71. The van der Waals surface area contributed by atoms with Crippen LogP contribution in [0, 0.1) is 4.84 Å². The monoisotopic (exact) mass is 409 g/mol. The average Bonchev–Trinajstić information content (AvgIpc) is 3.00. The van der Waals surface area contributed by atoms with Crippen LogP contribution in [-0.4, -0.2) is 22.9 Å². The molecule has 6 nitrogen and oxygen atoms in total. The zero-order chi connectivity index (χ0) is 18.7. The lowest BCUT2D eigenvalue weighted by molar-refractivity contribution is 0.0602. The Kier molecular flexibility index (Phi) is 5.61. The van der Waals surface area contributed by atoms with Gasteiger partial charge in [-0.05, 0) is 42.5 Å². The molecule has 9 heteroatoms. The largest absolute Gasteiger partial charge is 0.465 e. The van der Waals surface area contributed by atoms with Gasteiger partial charge in [0, 0.05) is 5.02 Å². The Morgan fingerprint density at radius 1 is 1.31 bits per heavy atom. The first-order valence-corrected chi connectivity index (χ1v) is 8.60. The van der Waals surface area contributed by atoms with Crippen molar-refractivity contribution >= 4 is 47.1 Å². The highest BCUT2D eigenvalue weighted by Gasteiger charge is 2.14. The van der Waals surface area contributed by atoms with E-state index in [0.29, 0.717) is 26.9 Å². The fraction of sp³-hybridized carbons (Fsp3) is 0.118. The number of ether oxygens (including phenoxy) is 1. The van der Waals surface area contributed by atoms with Gasteiger partial charge in [0.25, 0.3) is 4.84 Å². The van der Waals surface area contributed by atoms with Gasteiger partial charge in [0.05, 0.1) is 28.9 Å². The Bertz CT molecular complexity index is 1020.